The van der Waals surface area contributed by atoms with E-state index in [0.717, 1.165) is 29.4 Å². The second-order valence-corrected chi connectivity index (χ2v) is 7.79. The summed E-state index contributed by atoms with van der Waals surface area (Å²) in [5.74, 6) is 1.11. The molecule has 3 aromatic rings. The lowest BCUT2D eigenvalue weighted by molar-refractivity contribution is 0.0695. The minimum atomic E-state index is -0.617. The number of halogens is 1. The Morgan fingerprint density at radius 1 is 1.42 bits per heavy atom. The normalized spacial score (nSPS) is 22.0. The maximum absolute atomic E-state index is 14.7. The molecule has 1 saturated carbocycles. The number of rotatable bonds is 6. The third-order valence-corrected chi connectivity index (χ3v) is 5.96. The number of methoxy groups -OCH3 is 1. The fraction of sp³-hybridized carbons (Fsp3) is 0.273. The maximum atomic E-state index is 14.7. The third-order valence-electron chi connectivity index (χ3n) is 5.96. The number of aromatic nitrogens is 2. The molecule has 31 heavy (non-hydrogen) atoms. The lowest BCUT2D eigenvalue weighted by Crippen LogP contribution is -2.34. The summed E-state index contributed by atoms with van der Waals surface area (Å²) in [6, 6.07) is 9.72. The van der Waals surface area contributed by atoms with Gasteiger partial charge in [-0.15, -0.1) is 0 Å². The molecule has 158 valence electrons. The molecular weight excluding hydrogens is 399 g/mol. The Balaban J connectivity index is 1.50. The van der Waals surface area contributed by atoms with Crippen LogP contribution in [0.5, 0.6) is 5.75 Å². The average Bonchev–Trinajstić information content (AvgIpc) is 3.24. The Morgan fingerprint density at radius 3 is 3.10 bits per heavy atom. The molecule has 1 aromatic heterocycles. The largest absolute Gasteiger partial charge is 0.497 e. The summed E-state index contributed by atoms with van der Waals surface area (Å²) in [4.78, 5) is 23.2. The Kier molecular flexibility index (Phi) is 4.65. The second kappa shape index (κ2) is 7.50. The molecule has 3 N–H and O–H groups in total. The van der Waals surface area contributed by atoms with Crippen LogP contribution < -0.4 is 10.2 Å². The van der Waals surface area contributed by atoms with Gasteiger partial charge in [-0.1, -0.05) is 6.07 Å². The number of nitrogens with zero attached hydrogens (tertiary/aromatic N) is 3. The minimum absolute atomic E-state index is 0.0614. The van der Waals surface area contributed by atoms with E-state index >= 15 is 0 Å². The summed E-state index contributed by atoms with van der Waals surface area (Å²) in [6.07, 6.45) is 3.24. The number of amides is 1. The monoisotopic (exact) mass is 420 g/mol. The number of anilines is 1. The highest BCUT2D eigenvalue weighted by molar-refractivity contribution is 6.14. The summed E-state index contributed by atoms with van der Waals surface area (Å²) in [7, 11) is 1.61. The topological polar surface area (TPSA) is 106 Å². The van der Waals surface area contributed by atoms with Gasteiger partial charge in [0.25, 0.3) is 5.91 Å². The molecule has 0 radical (unpaired) electrons. The quantitative estimate of drug-likeness (QED) is 0.418. The van der Waals surface area contributed by atoms with Crippen LogP contribution in [-0.4, -0.2) is 46.9 Å². The molecule has 1 amide bonds. The number of fused-ring (bicyclic) bond motifs is 2. The molecule has 2 heterocycles. The van der Waals surface area contributed by atoms with Crippen LogP contribution in [-0.2, 0) is 0 Å². The Morgan fingerprint density at radius 2 is 2.29 bits per heavy atom. The average molecular weight is 420 g/mol. The molecular formula is C22H21FN6O2. The van der Waals surface area contributed by atoms with E-state index < -0.39 is 11.7 Å². The highest BCUT2D eigenvalue weighted by Crippen LogP contribution is 2.56. The maximum Gasteiger partial charge on any atom is 0.259 e. The van der Waals surface area contributed by atoms with Gasteiger partial charge in [0.15, 0.2) is 0 Å². The highest BCUT2D eigenvalue weighted by atomic mass is 19.1. The molecule has 1 saturated heterocycles. The molecule has 9 heteroatoms. The van der Waals surface area contributed by atoms with E-state index in [1.165, 1.54) is 18.3 Å². The Hall–Kier alpha value is -3.75. The van der Waals surface area contributed by atoms with Crippen molar-refractivity contribution in [3.05, 3.63) is 53.6 Å². The van der Waals surface area contributed by atoms with Gasteiger partial charge in [0.1, 0.15) is 23.0 Å². The molecule has 2 aliphatic rings. The van der Waals surface area contributed by atoms with Crippen LogP contribution in [0.25, 0.3) is 11.0 Å². The standard InChI is InChI=1S/C22H21FN6O2/c1-31-13-5-6-16-18(10-13)27-21(26-16)20-14-9-12(14)11-29(20)22(30)19-15(23)3-2-4-17(19)28-25-8-7-24/h2-8,10,12,14,20,24,28H,9,11H2,1H3,(H,26,27)/b24-7?,25-8-/t12-,14-,20-/m0/s1. The zero-order chi connectivity index (χ0) is 21.5. The van der Waals surface area contributed by atoms with Crippen LogP contribution in [0.2, 0.25) is 0 Å². The van der Waals surface area contributed by atoms with Gasteiger partial charge in [-0.3, -0.25) is 10.2 Å². The molecule has 1 aliphatic carbocycles. The zero-order valence-electron chi connectivity index (χ0n) is 16.8. The third kappa shape index (κ3) is 3.31. The first-order valence-electron chi connectivity index (χ1n) is 10.0. The number of H-pyrrole nitrogens is 1. The molecule has 2 aromatic carbocycles. The molecule has 1 aliphatic heterocycles. The van der Waals surface area contributed by atoms with Gasteiger partial charge in [-0.2, -0.15) is 5.10 Å². The predicted octanol–water partition coefficient (Wildman–Crippen LogP) is 3.59. The molecule has 0 bridgehead atoms. The number of likely N-dealkylation sites (tertiary alicyclic amines) is 1. The van der Waals surface area contributed by atoms with Crippen LogP contribution in [0.15, 0.2) is 41.5 Å². The van der Waals surface area contributed by atoms with Crippen molar-refractivity contribution in [1.82, 2.24) is 14.9 Å². The van der Waals surface area contributed by atoms with E-state index in [-0.39, 0.29) is 17.3 Å². The van der Waals surface area contributed by atoms with E-state index in [2.05, 4.69) is 15.5 Å². The first-order chi connectivity index (χ1) is 15.1. The first kappa shape index (κ1) is 19.2. The van der Waals surface area contributed by atoms with E-state index in [9.17, 15) is 9.18 Å². The molecule has 0 unspecified atom stereocenters. The van der Waals surface area contributed by atoms with Gasteiger partial charge in [0, 0.05) is 18.8 Å². The summed E-state index contributed by atoms with van der Waals surface area (Å²) in [5, 5.41) is 10.9. The number of imidazole rings is 1. The molecule has 2 fully saturated rings. The van der Waals surface area contributed by atoms with Crippen LogP contribution in [0.3, 0.4) is 0 Å². The SMILES string of the molecule is COc1ccc2nc([C@@H]3[C@H]4C[C@H]4CN3C(=O)c3c(F)cccc3N/N=C\C=N)[nH]c2c1. The Labute approximate surface area is 177 Å². The number of piperidine rings is 1. The molecule has 8 nitrogen and oxygen atoms in total. The summed E-state index contributed by atoms with van der Waals surface area (Å²) in [5.41, 5.74) is 4.49. The number of hydrogen-bond donors (Lipinski definition) is 3. The molecule has 0 spiro atoms. The second-order valence-electron chi connectivity index (χ2n) is 7.79. The number of carbonyl (C=O) groups is 1. The van der Waals surface area contributed by atoms with E-state index in [1.807, 2.05) is 18.2 Å². The van der Waals surface area contributed by atoms with E-state index in [4.69, 9.17) is 15.1 Å². The van der Waals surface area contributed by atoms with Crippen molar-refractivity contribution in [3.8, 4) is 5.75 Å². The highest BCUT2D eigenvalue weighted by Gasteiger charge is 2.56. The first-order valence-corrected chi connectivity index (χ1v) is 10.0. The zero-order valence-corrected chi connectivity index (χ0v) is 16.8. The Bertz CT molecular complexity index is 1210. The smallest absolute Gasteiger partial charge is 0.259 e. The summed E-state index contributed by atoms with van der Waals surface area (Å²) in [6.45, 7) is 0.562. The molecule has 5 rings (SSSR count). The van der Waals surface area contributed by atoms with Gasteiger partial charge in [0.05, 0.1) is 36.1 Å². The number of carbonyl (C=O) groups excluding carboxylic acids is 1. The number of hydrazone groups is 1. The van der Waals surface area contributed by atoms with Crippen molar-refractivity contribution in [3.63, 3.8) is 0 Å². The lowest BCUT2D eigenvalue weighted by atomic mass is 10.1. The van der Waals surface area contributed by atoms with E-state index in [0.29, 0.717) is 24.2 Å². The fourth-order valence-corrected chi connectivity index (χ4v) is 4.42. The number of hydrogen-bond acceptors (Lipinski definition) is 6. The predicted molar refractivity (Wildman–Crippen MR) is 115 cm³/mol. The van der Waals surface area contributed by atoms with Gasteiger partial charge in [0.2, 0.25) is 0 Å². The number of benzene rings is 2. The summed E-state index contributed by atoms with van der Waals surface area (Å²) >= 11 is 0. The van der Waals surface area contributed by atoms with Crippen LogP contribution >= 0.6 is 0 Å². The fourth-order valence-electron chi connectivity index (χ4n) is 4.42. The van der Waals surface area contributed by atoms with Crippen molar-refractivity contribution in [2.75, 3.05) is 19.1 Å². The minimum Gasteiger partial charge on any atom is -0.497 e. The van der Waals surface area contributed by atoms with Crippen molar-refractivity contribution in [2.24, 2.45) is 16.9 Å². The molecule has 3 atom stereocenters. The summed E-state index contributed by atoms with van der Waals surface area (Å²) < 4.78 is 20.0. The lowest BCUT2D eigenvalue weighted by Gasteiger charge is -2.27. The van der Waals surface area contributed by atoms with E-state index in [1.54, 1.807) is 18.1 Å². The van der Waals surface area contributed by atoms with Crippen molar-refractivity contribution >= 4 is 35.1 Å². The van der Waals surface area contributed by atoms with Crippen molar-refractivity contribution in [2.45, 2.75) is 12.5 Å². The van der Waals surface area contributed by atoms with Crippen LogP contribution in [0.4, 0.5) is 10.1 Å². The number of ether oxygens (including phenoxy) is 1. The van der Waals surface area contributed by atoms with Gasteiger partial charge >= 0.3 is 0 Å². The van der Waals surface area contributed by atoms with Gasteiger partial charge < -0.3 is 20.0 Å². The number of nitrogens with one attached hydrogen (secondary N) is 3. The number of aromatic amines is 1. The van der Waals surface area contributed by atoms with Crippen LogP contribution in [0.1, 0.15) is 28.6 Å². The van der Waals surface area contributed by atoms with Crippen LogP contribution in [0, 0.1) is 23.1 Å². The van der Waals surface area contributed by atoms with Gasteiger partial charge in [-0.05, 0) is 42.5 Å². The van der Waals surface area contributed by atoms with Gasteiger partial charge in [-0.25, -0.2) is 9.37 Å². The van der Waals surface area contributed by atoms with Crippen molar-refractivity contribution in [1.29, 1.82) is 5.41 Å². The van der Waals surface area contributed by atoms with Crippen molar-refractivity contribution < 1.29 is 13.9 Å².